The van der Waals surface area contributed by atoms with Crippen molar-refractivity contribution < 1.29 is 22.8 Å². The Morgan fingerprint density at radius 2 is 1.68 bits per heavy atom. The highest BCUT2D eigenvalue weighted by atomic mass is 32.1. The molecule has 1 heterocycles. The lowest BCUT2D eigenvalue weighted by molar-refractivity contribution is -0.578. The predicted octanol–water partition coefficient (Wildman–Crippen LogP) is 3.83. The van der Waals surface area contributed by atoms with Gasteiger partial charge in [0.15, 0.2) is 17.4 Å². The molecule has 1 aromatic heterocycles. The van der Waals surface area contributed by atoms with Crippen LogP contribution in [0.15, 0.2) is 67.0 Å². The summed E-state index contributed by atoms with van der Waals surface area (Å²) in [6.45, 7) is 1.84. The Bertz CT molecular complexity index is 1070. The quantitative estimate of drug-likeness (QED) is 0.313. The Balaban J connectivity index is 2.09. The Morgan fingerprint density at radius 1 is 1.00 bits per heavy atom. The van der Waals surface area contributed by atoms with Gasteiger partial charge in [0.25, 0.3) is 0 Å². The van der Waals surface area contributed by atoms with Gasteiger partial charge in [0.05, 0.1) is 5.69 Å². The summed E-state index contributed by atoms with van der Waals surface area (Å²) in [5.74, 6) is -2.52. The molecule has 0 atom stereocenters. The molecule has 0 saturated carbocycles. The second kappa shape index (κ2) is 8.22. The van der Waals surface area contributed by atoms with Crippen molar-refractivity contribution in [1.82, 2.24) is 0 Å². The monoisotopic (exact) mass is 400 g/mol. The van der Waals surface area contributed by atoms with Gasteiger partial charge in [-0.2, -0.15) is 4.57 Å². The second-order valence-corrected chi connectivity index (χ2v) is 6.46. The SMILES string of the molecule is Cc1ccc[n+](C(C(=S)Nc2ccc(F)cc2F)=C([O-])c2ccc(F)cc2)c1. The Kier molecular flexibility index (Phi) is 5.75. The number of benzene rings is 2. The minimum absolute atomic E-state index is 0.0500. The van der Waals surface area contributed by atoms with E-state index in [9.17, 15) is 18.3 Å². The molecule has 0 aliphatic rings. The smallest absolute Gasteiger partial charge is 0.238 e. The molecule has 0 bridgehead atoms. The number of hydrogen-bond donors (Lipinski definition) is 1. The van der Waals surface area contributed by atoms with E-state index in [1.165, 1.54) is 34.9 Å². The molecular weight excluding hydrogens is 385 g/mol. The van der Waals surface area contributed by atoms with Crippen molar-refractivity contribution in [3.05, 3.63) is 95.6 Å². The van der Waals surface area contributed by atoms with E-state index in [-0.39, 0.29) is 21.9 Å². The molecular formula is C21H15F3N2OS. The molecule has 142 valence electrons. The maximum atomic E-state index is 14.0. The summed E-state index contributed by atoms with van der Waals surface area (Å²) in [6.07, 6.45) is 3.31. The van der Waals surface area contributed by atoms with Crippen molar-refractivity contribution in [1.29, 1.82) is 0 Å². The van der Waals surface area contributed by atoms with Crippen LogP contribution in [0, 0.1) is 24.4 Å². The van der Waals surface area contributed by atoms with Gasteiger partial charge in [-0.1, -0.05) is 24.4 Å². The fraction of sp³-hybridized carbons (Fsp3) is 0.0476. The van der Waals surface area contributed by atoms with Crippen molar-refractivity contribution in [3.8, 4) is 0 Å². The normalized spacial score (nSPS) is 11.7. The zero-order valence-electron chi connectivity index (χ0n) is 14.7. The maximum Gasteiger partial charge on any atom is 0.238 e. The van der Waals surface area contributed by atoms with Gasteiger partial charge in [-0.05, 0) is 48.6 Å². The zero-order chi connectivity index (χ0) is 20.3. The van der Waals surface area contributed by atoms with Crippen molar-refractivity contribution in [2.24, 2.45) is 0 Å². The van der Waals surface area contributed by atoms with E-state index in [0.29, 0.717) is 6.07 Å². The summed E-state index contributed by atoms with van der Waals surface area (Å²) < 4.78 is 41.9. The van der Waals surface area contributed by atoms with Gasteiger partial charge in [-0.15, -0.1) is 0 Å². The molecule has 0 aliphatic heterocycles. The van der Waals surface area contributed by atoms with Crippen LogP contribution in [0.2, 0.25) is 0 Å². The lowest BCUT2D eigenvalue weighted by atomic mass is 10.1. The predicted molar refractivity (Wildman–Crippen MR) is 103 cm³/mol. The fourth-order valence-corrected chi connectivity index (χ4v) is 2.89. The molecule has 0 fully saturated rings. The third-order valence-electron chi connectivity index (χ3n) is 3.92. The lowest BCUT2D eigenvalue weighted by Crippen LogP contribution is -2.40. The number of aromatic nitrogens is 1. The molecule has 1 N–H and O–H groups in total. The summed E-state index contributed by atoms with van der Waals surface area (Å²) in [4.78, 5) is -0.0598. The fourth-order valence-electron chi connectivity index (χ4n) is 2.58. The molecule has 28 heavy (non-hydrogen) atoms. The highest BCUT2D eigenvalue weighted by Gasteiger charge is 2.20. The zero-order valence-corrected chi connectivity index (χ0v) is 15.6. The highest BCUT2D eigenvalue weighted by molar-refractivity contribution is 7.81. The van der Waals surface area contributed by atoms with Gasteiger partial charge < -0.3 is 10.4 Å². The van der Waals surface area contributed by atoms with E-state index in [0.717, 1.165) is 11.6 Å². The van der Waals surface area contributed by atoms with Crippen LogP contribution in [0.1, 0.15) is 11.1 Å². The number of hydrogen-bond acceptors (Lipinski definition) is 2. The van der Waals surface area contributed by atoms with Crippen molar-refractivity contribution in [3.63, 3.8) is 0 Å². The van der Waals surface area contributed by atoms with Crippen LogP contribution >= 0.6 is 12.2 Å². The minimum Gasteiger partial charge on any atom is -0.867 e. The number of thiocarbonyl (C=S) groups is 1. The highest BCUT2D eigenvalue weighted by Crippen LogP contribution is 2.20. The molecule has 0 aliphatic carbocycles. The molecule has 7 heteroatoms. The number of pyridine rings is 1. The van der Waals surface area contributed by atoms with Crippen LogP contribution in [0.3, 0.4) is 0 Å². The first kappa shape index (κ1) is 19.6. The molecule has 0 unspecified atom stereocenters. The van der Waals surface area contributed by atoms with Gasteiger partial charge in [0.2, 0.25) is 5.70 Å². The molecule has 3 rings (SSSR count). The van der Waals surface area contributed by atoms with Crippen LogP contribution in [0.4, 0.5) is 18.9 Å². The number of anilines is 1. The number of rotatable bonds is 4. The average molecular weight is 400 g/mol. The topological polar surface area (TPSA) is 39.0 Å². The molecule has 0 spiro atoms. The van der Waals surface area contributed by atoms with Crippen LogP contribution in [0.5, 0.6) is 0 Å². The van der Waals surface area contributed by atoms with Crippen LogP contribution in [-0.4, -0.2) is 4.99 Å². The van der Waals surface area contributed by atoms with Crippen LogP contribution < -0.4 is 15.0 Å². The molecule has 0 radical (unpaired) electrons. The maximum absolute atomic E-state index is 14.0. The van der Waals surface area contributed by atoms with E-state index in [1.807, 2.05) is 13.0 Å². The molecule has 2 aromatic carbocycles. The van der Waals surface area contributed by atoms with Crippen molar-refractivity contribution in [2.75, 3.05) is 5.32 Å². The summed E-state index contributed by atoms with van der Waals surface area (Å²) >= 11 is 5.35. The number of aryl methyl sites for hydroxylation is 1. The third kappa shape index (κ3) is 4.37. The standard InChI is InChI=1S/C21H15F3N2OS/c1-13-3-2-10-26(12-13)19(20(27)14-4-6-15(22)7-5-14)21(28)25-18-9-8-16(23)11-17(18)24/h2-12H,1H3,(H-,25,27,28). The molecule has 3 aromatic rings. The lowest BCUT2D eigenvalue weighted by Gasteiger charge is -2.17. The first-order valence-electron chi connectivity index (χ1n) is 8.27. The summed E-state index contributed by atoms with van der Waals surface area (Å²) in [7, 11) is 0. The summed E-state index contributed by atoms with van der Waals surface area (Å²) in [5, 5.41) is 15.7. The first-order valence-corrected chi connectivity index (χ1v) is 8.68. The van der Waals surface area contributed by atoms with E-state index in [4.69, 9.17) is 12.2 Å². The van der Waals surface area contributed by atoms with E-state index < -0.39 is 23.2 Å². The van der Waals surface area contributed by atoms with E-state index >= 15 is 0 Å². The number of nitrogens with one attached hydrogen (secondary N) is 1. The Labute approximate surface area is 165 Å². The number of nitrogens with zero attached hydrogens (tertiary/aromatic N) is 1. The minimum atomic E-state index is -0.842. The van der Waals surface area contributed by atoms with Gasteiger partial charge >= 0.3 is 0 Å². The number of halogens is 3. The summed E-state index contributed by atoms with van der Waals surface area (Å²) in [6, 6.07) is 11.6. The molecule has 0 amide bonds. The van der Waals surface area contributed by atoms with E-state index in [2.05, 4.69) is 5.32 Å². The Morgan fingerprint density at radius 3 is 2.32 bits per heavy atom. The van der Waals surface area contributed by atoms with Gasteiger partial charge in [0, 0.05) is 17.7 Å². The van der Waals surface area contributed by atoms with Crippen LogP contribution in [0.25, 0.3) is 11.5 Å². The largest absolute Gasteiger partial charge is 0.867 e. The Hall–Kier alpha value is -3.19. The van der Waals surface area contributed by atoms with Gasteiger partial charge in [-0.25, -0.2) is 13.2 Å². The van der Waals surface area contributed by atoms with Gasteiger partial charge in [0.1, 0.15) is 17.5 Å². The van der Waals surface area contributed by atoms with Crippen LogP contribution in [-0.2, 0) is 0 Å². The second-order valence-electron chi connectivity index (χ2n) is 6.05. The van der Waals surface area contributed by atoms with Crippen molar-refractivity contribution in [2.45, 2.75) is 6.92 Å². The molecule has 0 saturated heterocycles. The summed E-state index contributed by atoms with van der Waals surface area (Å²) in [5.41, 5.74) is 1.06. The van der Waals surface area contributed by atoms with Crippen molar-refractivity contribution >= 4 is 34.3 Å². The average Bonchev–Trinajstić information content (AvgIpc) is 2.65. The first-order chi connectivity index (χ1) is 13.3. The van der Waals surface area contributed by atoms with E-state index in [1.54, 1.807) is 18.5 Å². The third-order valence-corrected chi connectivity index (χ3v) is 4.22. The van der Waals surface area contributed by atoms with Gasteiger partial charge in [-0.3, -0.25) is 0 Å². The molecule has 3 nitrogen and oxygen atoms in total.